The molecule has 0 aliphatic heterocycles. The van der Waals surface area contributed by atoms with Gasteiger partial charge < -0.3 is 0 Å². The lowest BCUT2D eigenvalue weighted by molar-refractivity contribution is -0.438. The van der Waals surface area contributed by atoms with Crippen molar-refractivity contribution in [2.24, 2.45) is 0 Å². The molecule has 0 unspecified atom stereocenters. The third-order valence-corrected chi connectivity index (χ3v) is 1.76. The molecule has 0 saturated heterocycles. The monoisotopic (exact) mass is 147 g/mol. The summed E-state index contributed by atoms with van der Waals surface area (Å²) in [5, 5.41) is 3.32. The third kappa shape index (κ3) is 8.06. The molecule has 0 aromatic carbocycles. The van der Waals surface area contributed by atoms with E-state index in [0.29, 0.717) is 0 Å². The Morgan fingerprint density at radius 2 is 1.67 bits per heavy atom. The second-order valence-electron chi connectivity index (χ2n) is 3.31. The minimum Gasteiger partial charge on any atom is -0.212 e. The van der Waals surface area contributed by atoms with E-state index in [9.17, 15) is 0 Å². The predicted octanol–water partition coefficient (Wildman–Crippen LogP) is 1.69. The van der Waals surface area contributed by atoms with E-state index in [4.69, 9.17) is 0 Å². The zero-order chi connectivity index (χ0) is 7.49. The lowest BCUT2D eigenvalue weighted by Gasteiger charge is -2.13. The molecule has 0 saturated carbocycles. The van der Waals surface area contributed by atoms with Crippen LogP contribution in [0.4, 0.5) is 0 Å². The maximum atomic E-state index is 3.32. The fourth-order valence-electron chi connectivity index (χ4n) is 0.250. The van der Waals surface area contributed by atoms with Crippen molar-refractivity contribution in [3.63, 3.8) is 0 Å². The molecule has 0 atom stereocenters. The lowest BCUT2D eigenvalue weighted by atomic mass is 10.1. The fourth-order valence-corrected chi connectivity index (χ4v) is 0.750. The highest BCUT2D eigenvalue weighted by Gasteiger charge is 2.08. The standard InChI is InChI=1S/C6H15N2P/c1-6(2,3)7-9-8(4)5/h1-5H3/p+1. The van der Waals surface area contributed by atoms with Crippen LogP contribution in [0.5, 0.6) is 0 Å². The highest BCUT2D eigenvalue weighted by atomic mass is 31.1. The van der Waals surface area contributed by atoms with Crippen molar-refractivity contribution >= 4 is 8.52 Å². The fraction of sp³-hybridized carbons (Fsp3) is 1.00. The van der Waals surface area contributed by atoms with Gasteiger partial charge in [-0.05, 0) is 20.8 Å². The topological polar surface area (TPSA) is 15.0 Å². The smallest absolute Gasteiger partial charge is 0.212 e. The first-order valence-corrected chi connectivity index (χ1v) is 3.92. The Hall–Kier alpha value is 0.0600. The number of rotatable bonds is 1. The summed E-state index contributed by atoms with van der Waals surface area (Å²) in [7, 11) is 5.26. The molecular formula is C6H16N2P+. The molecule has 0 aliphatic carbocycles. The minimum atomic E-state index is 0.228. The Morgan fingerprint density at radius 1 is 1.22 bits per heavy atom. The largest absolute Gasteiger partial charge is 0.305 e. The van der Waals surface area contributed by atoms with Crippen LogP contribution in [0.3, 0.4) is 0 Å². The molecule has 9 heavy (non-hydrogen) atoms. The van der Waals surface area contributed by atoms with Crippen molar-refractivity contribution in [3.8, 4) is 0 Å². The van der Waals surface area contributed by atoms with Gasteiger partial charge >= 0.3 is 8.52 Å². The SMILES string of the molecule is C[N+](C)=PNC(C)(C)C. The maximum absolute atomic E-state index is 3.32. The first-order valence-electron chi connectivity index (χ1n) is 3.07. The molecule has 0 heterocycles. The van der Waals surface area contributed by atoms with E-state index >= 15 is 0 Å². The van der Waals surface area contributed by atoms with Gasteiger partial charge in [0.25, 0.3) is 0 Å². The van der Waals surface area contributed by atoms with Gasteiger partial charge in [0, 0.05) is 5.54 Å². The van der Waals surface area contributed by atoms with E-state index < -0.39 is 0 Å². The molecule has 0 aromatic rings. The summed E-state index contributed by atoms with van der Waals surface area (Å²) >= 11 is 0. The Balaban J connectivity index is 3.64. The molecule has 2 nitrogen and oxygen atoms in total. The van der Waals surface area contributed by atoms with Gasteiger partial charge in [-0.3, -0.25) is 0 Å². The number of hydrogen-bond acceptors (Lipinski definition) is 0. The van der Waals surface area contributed by atoms with Crippen molar-refractivity contribution in [3.05, 3.63) is 0 Å². The van der Waals surface area contributed by atoms with Gasteiger partial charge in [-0.1, -0.05) is 0 Å². The molecule has 0 amide bonds. The molecule has 0 aliphatic rings. The van der Waals surface area contributed by atoms with E-state index in [1.54, 1.807) is 0 Å². The van der Waals surface area contributed by atoms with Crippen molar-refractivity contribution in [2.45, 2.75) is 26.3 Å². The molecule has 0 radical (unpaired) electrons. The van der Waals surface area contributed by atoms with Gasteiger partial charge in [-0.2, -0.15) is 0 Å². The molecule has 0 fully saturated rings. The number of nitrogens with zero attached hydrogens (tertiary/aromatic N) is 1. The lowest BCUT2D eigenvalue weighted by Crippen LogP contribution is -2.28. The van der Waals surface area contributed by atoms with Crippen LogP contribution in [0, 0.1) is 0 Å². The van der Waals surface area contributed by atoms with Crippen LogP contribution in [-0.2, 0) is 0 Å². The van der Waals surface area contributed by atoms with Crippen molar-refractivity contribution in [1.29, 1.82) is 0 Å². The Bertz CT molecular complexity index is 109. The molecule has 0 rings (SSSR count). The van der Waals surface area contributed by atoms with Crippen LogP contribution in [0.1, 0.15) is 20.8 Å². The summed E-state index contributed by atoms with van der Waals surface area (Å²) in [6.45, 7) is 6.47. The van der Waals surface area contributed by atoms with Crippen molar-refractivity contribution in [1.82, 2.24) is 5.09 Å². The zero-order valence-corrected chi connectivity index (χ0v) is 7.79. The predicted molar refractivity (Wildman–Crippen MR) is 41.9 cm³/mol. The van der Waals surface area contributed by atoms with Gasteiger partial charge in [-0.25, -0.2) is 9.42 Å². The second-order valence-corrected chi connectivity index (χ2v) is 4.53. The zero-order valence-electron chi connectivity index (χ0n) is 6.89. The summed E-state index contributed by atoms with van der Waals surface area (Å²) in [6, 6.07) is 0. The molecule has 0 bridgehead atoms. The van der Waals surface area contributed by atoms with Crippen LogP contribution in [0.15, 0.2) is 0 Å². The number of hydrogen-bond donors (Lipinski definition) is 1. The van der Waals surface area contributed by atoms with Gasteiger partial charge in [-0.15, -0.1) is 0 Å². The van der Waals surface area contributed by atoms with Crippen LogP contribution in [0.25, 0.3) is 0 Å². The first kappa shape index (κ1) is 9.06. The Kier molecular flexibility index (Phi) is 3.31. The quantitative estimate of drug-likeness (QED) is 0.558. The second kappa shape index (κ2) is 3.28. The maximum Gasteiger partial charge on any atom is 0.305 e. The van der Waals surface area contributed by atoms with Crippen LogP contribution >= 0.6 is 8.52 Å². The van der Waals surface area contributed by atoms with E-state index in [0.717, 1.165) is 0 Å². The van der Waals surface area contributed by atoms with Gasteiger partial charge in [0.15, 0.2) is 0 Å². The normalized spacial score (nSPS) is 12.1. The molecule has 0 spiro atoms. The van der Waals surface area contributed by atoms with E-state index in [1.807, 2.05) is 14.1 Å². The minimum absolute atomic E-state index is 0.228. The van der Waals surface area contributed by atoms with E-state index in [1.165, 1.54) is 8.52 Å². The summed E-state index contributed by atoms with van der Waals surface area (Å²) in [6.07, 6.45) is 0. The van der Waals surface area contributed by atoms with E-state index in [2.05, 4.69) is 30.2 Å². The van der Waals surface area contributed by atoms with Gasteiger partial charge in [0.05, 0.1) is 0 Å². The highest BCUT2D eigenvalue weighted by molar-refractivity contribution is 7.21. The molecule has 3 heteroatoms. The van der Waals surface area contributed by atoms with Crippen LogP contribution in [-0.4, -0.2) is 24.0 Å². The summed E-state index contributed by atoms with van der Waals surface area (Å²) < 4.78 is 2.09. The molecule has 1 N–H and O–H groups in total. The highest BCUT2D eigenvalue weighted by Crippen LogP contribution is 2.04. The van der Waals surface area contributed by atoms with Crippen molar-refractivity contribution in [2.75, 3.05) is 14.1 Å². The van der Waals surface area contributed by atoms with Crippen LogP contribution in [0.2, 0.25) is 0 Å². The Labute approximate surface area is 59.2 Å². The summed E-state index contributed by atoms with van der Waals surface area (Å²) in [5.41, 5.74) is 0.228. The van der Waals surface area contributed by atoms with Crippen molar-refractivity contribution < 1.29 is 4.33 Å². The average molecular weight is 147 g/mol. The molecule has 54 valence electrons. The summed E-state index contributed by atoms with van der Waals surface area (Å²) in [4.78, 5) is 0. The molecule has 0 aromatic heterocycles. The Morgan fingerprint density at radius 3 is 1.78 bits per heavy atom. The van der Waals surface area contributed by atoms with Crippen LogP contribution < -0.4 is 5.09 Å². The summed E-state index contributed by atoms with van der Waals surface area (Å²) in [5.74, 6) is 0. The van der Waals surface area contributed by atoms with Gasteiger partial charge in [0.2, 0.25) is 0 Å². The average Bonchev–Trinajstić information content (AvgIpc) is 1.59. The van der Waals surface area contributed by atoms with Gasteiger partial charge in [0.1, 0.15) is 14.1 Å². The number of nitrogens with one attached hydrogen (secondary N) is 1. The first-order chi connectivity index (χ1) is 3.92. The third-order valence-electron chi connectivity index (χ3n) is 0.585. The van der Waals surface area contributed by atoms with E-state index in [-0.39, 0.29) is 5.54 Å². The molecular weight excluding hydrogens is 131 g/mol.